The van der Waals surface area contributed by atoms with Crippen LogP contribution in [0, 0.1) is 5.92 Å². The van der Waals surface area contributed by atoms with E-state index in [1.54, 1.807) is 4.90 Å². The Kier molecular flexibility index (Phi) is 5.09. The Morgan fingerprint density at radius 1 is 1.41 bits per heavy atom. The Morgan fingerprint density at radius 2 is 2.15 bits per heavy atom. The summed E-state index contributed by atoms with van der Waals surface area (Å²) in [7, 11) is 3.80. The summed E-state index contributed by atoms with van der Waals surface area (Å²) in [6.45, 7) is 1.56. The van der Waals surface area contributed by atoms with Crippen molar-refractivity contribution in [2.24, 2.45) is 5.92 Å². The molecule has 1 aromatic carbocycles. The number of nitrogens with one attached hydrogen (secondary N) is 2. The van der Waals surface area contributed by atoms with Gasteiger partial charge in [-0.15, -0.1) is 0 Å². The number of halogens is 3. The first-order chi connectivity index (χ1) is 12.6. The summed E-state index contributed by atoms with van der Waals surface area (Å²) in [5.74, 6) is -0.922. The molecular weight excluding hydrogens is 363 g/mol. The molecule has 1 fully saturated rings. The number of carbonyl (C=O) groups excluding carboxylic acids is 2. The normalized spacial score (nSPS) is 17.9. The second kappa shape index (κ2) is 7.18. The number of hydrogen-bond acceptors (Lipinski definition) is 4. The van der Waals surface area contributed by atoms with Crippen molar-refractivity contribution in [3.05, 3.63) is 23.8 Å². The van der Waals surface area contributed by atoms with Gasteiger partial charge in [0.1, 0.15) is 0 Å². The third-order valence-corrected chi connectivity index (χ3v) is 4.45. The van der Waals surface area contributed by atoms with Crippen LogP contribution in [-0.2, 0) is 15.8 Å². The molecule has 2 aromatic rings. The van der Waals surface area contributed by atoms with Gasteiger partial charge in [-0.25, -0.2) is 4.98 Å². The highest BCUT2D eigenvalue weighted by Crippen LogP contribution is 2.31. The fraction of sp³-hybridized carbons (Fsp3) is 0.471. The van der Waals surface area contributed by atoms with Gasteiger partial charge in [0.05, 0.1) is 22.5 Å². The first-order valence-corrected chi connectivity index (χ1v) is 8.44. The number of hydrogen-bond donors (Lipinski definition) is 2. The van der Waals surface area contributed by atoms with E-state index >= 15 is 0 Å². The summed E-state index contributed by atoms with van der Waals surface area (Å²) in [4.78, 5) is 34.8. The van der Waals surface area contributed by atoms with E-state index in [0.29, 0.717) is 25.2 Å². The number of carbonyl (C=O) groups is 2. The number of rotatable bonds is 5. The quantitative estimate of drug-likeness (QED) is 0.827. The van der Waals surface area contributed by atoms with Crippen LogP contribution >= 0.6 is 0 Å². The number of anilines is 1. The van der Waals surface area contributed by atoms with E-state index < -0.39 is 17.7 Å². The smallest absolute Gasteiger partial charge is 0.341 e. The Bertz CT molecular complexity index is 862. The van der Waals surface area contributed by atoms with Gasteiger partial charge in [0, 0.05) is 26.1 Å². The summed E-state index contributed by atoms with van der Waals surface area (Å²) in [5, 5.41) is 2.56. The summed E-state index contributed by atoms with van der Waals surface area (Å²) in [6, 6.07) is 3.12. The summed E-state index contributed by atoms with van der Waals surface area (Å²) in [5.41, 5.74) is -0.307. The fourth-order valence-electron chi connectivity index (χ4n) is 2.95. The number of imidazole rings is 1. The molecule has 1 saturated heterocycles. The Labute approximate surface area is 153 Å². The fourth-order valence-corrected chi connectivity index (χ4v) is 2.95. The molecule has 2 amide bonds. The van der Waals surface area contributed by atoms with Gasteiger partial charge < -0.3 is 14.8 Å². The van der Waals surface area contributed by atoms with Crippen LogP contribution in [0.4, 0.5) is 19.1 Å². The van der Waals surface area contributed by atoms with Crippen LogP contribution in [0.2, 0.25) is 0 Å². The zero-order valence-corrected chi connectivity index (χ0v) is 14.9. The van der Waals surface area contributed by atoms with Gasteiger partial charge in [-0.3, -0.25) is 14.9 Å². The third kappa shape index (κ3) is 4.38. The number of benzene rings is 1. The first kappa shape index (κ1) is 19.2. The molecule has 0 aliphatic carbocycles. The lowest BCUT2D eigenvalue weighted by molar-refractivity contribution is -0.137. The van der Waals surface area contributed by atoms with E-state index in [-0.39, 0.29) is 29.7 Å². The molecular formula is C17H20F3N5O2. The molecule has 2 N–H and O–H groups in total. The number of likely N-dealkylation sites (tertiary alicyclic amines) is 1. The summed E-state index contributed by atoms with van der Waals surface area (Å²) in [6.07, 6.45) is -4.35. The zero-order valence-electron chi connectivity index (χ0n) is 14.9. The van der Waals surface area contributed by atoms with Crippen LogP contribution in [0.5, 0.6) is 0 Å². The van der Waals surface area contributed by atoms with Crippen molar-refractivity contribution in [3.8, 4) is 0 Å². The highest BCUT2D eigenvalue weighted by molar-refractivity contribution is 5.97. The van der Waals surface area contributed by atoms with Gasteiger partial charge in [0.2, 0.25) is 17.8 Å². The number of aromatic amines is 1. The van der Waals surface area contributed by atoms with Crippen LogP contribution in [0.25, 0.3) is 11.0 Å². The zero-order chi connectivity index (χ0) is 19.8. The molecule has 0 saturated carbocycles. The maximum Gasteiger partial charge on any atom is 0.416 e. The molecule has 1 aliphatic heterocycles. The number of amides is 2. The van der Waals surface area contributed by atoms with E-state index in [2.05, 4.69) is 15.3 Å². The van der Waals surface area contributed by atoms with Crippen molar-refractivity contribution < 1.29 is 22.8 Å². The van der Waals surface area contributed by atoms with Crippen molar-refractivity contribution in [1.29, 1.82) is 0 Å². The van der Waals surface area contributed by atoms with Gasteiger partial charge >= 0.3 is 6.18 Å². The Hall–Kier alpha value is -2.62. The summed E-state index contributed by atoms with van der Waals surface area (Å²) < 4.78 is 38.3. The van der Waals surface area contributed by atoms with Crippen molar-refractivity contribution in [2.45, 2.75) is 12.6 Å². The number of aromatic nitrogens is 2. The Balaban J connectivity index is 1.66. The van der Waals surface area contributed by atoms with Gasteiger partial charge in [-0.2, -0.15) is 13.2 Å². The average molecular weight is 383 g/mol. The van der Waals surface area contributed by atoms with Crippen LogP contribution in [0.3, 0.4) is 0 Å². The third-order valence-electron chi connectivity index (χ3n) is 4.45. The second-order valence-corrected chi connectivity index (χ2v) is 6.85. The molecule has 146 valence electrons. The van der Waals surface area contributed by atoms with Gasteiger partial charge in [0.15, 0.2) is 0 Å². The predicted octanol–water partition coefficient (Wildman–Crippen LogP) is 1.93. The first-order valence-electron chi connectivity index (χ1n) is 8.44. The van der Waals surface area contributed by atoms with Crippen molar-refractivity contribution in [1.82, 2.24) is 19.8 Å². The van der Waals surface area contributed by atoms with Crippen molar-refractivity contribution in [2.75, 3.05) is 39.0 Å². The molecule has 7 nitrogen and oxygen atoms in total. The number of H-pyrrole nitrogens is 1. The van der Waals surface area contributed by atoms with E-state index in [9.17, 15) is 22.8 Å². The number of nitrogens with zero attached hydrogens (tertiary/aromatic N) is 3. The van der Waals surface area contributed by atoms with Crippen molar-refractivity contribution >= 4 is 28.8 Å². The standard InChI is InChI=1S/C17H20F3N5O2/c1-24(2)5-6-25-9-10(7-14(25)26)15(27)23-16-21-12-4-3-11(17(18,19)20)8-13(12)22-16/h3-4,8,10H,5-7,9H2,1-2H3,(H2,21,22,23,27). The number of likely N-dealkylation sites (N-methyl/N-ethyl adjacent to an activating group) is 1. The molecule has 1 aliphatic rings. The second-order valence-electron chi connectivity index (χ2n) is 6.85. The molecule has 1 aromatic heterocycles. The summed E-state index contributed by atoms with van der Waals surface area (Å²) >= 11 is 0. The molecule has 1 atom stereocenters. The van der Waals surface area contributed by atoms with E-state index in [1.807, 2.05) is 19.0 Å². The largest absolute Gasteiger partial charge is 0.416 e. The maximum absolute atomic E-state index is 12.8. The maximum atomic E-state index is 12.8. The highest BCUT2D eigenvalue weighted by Gasteiger charge is 2.34. The van der Waals surface area contributed by atoms with E-state index in [0.717, 1.165) is 12.1 Å². The highest BCUT2D eigenvalue weighted by atomic mass is 19.4. The number of fused-ring (bicyclic) bond motifs is 1. The molecule has 0 bridgehead atoms. The molecule has 0 radical (unpaired) electrons. The molecule has 0 spiro atoms. The van der Waals surface area contributed by atoms with Gasteiger partial charge in [0.25, 0.3) is 0 Å². The minimum atomic E-state index is -4.46. The number of alkyl halides is 3. The van der Waals surface area contributed by atoms with Crippen LogP contribution in [-0.4, -0.2) is 65.3 Å². The minimum Gasteiger partial charge on any atom is -0.341 e. The average Bonchev–Trinajstić information content (AvgIpc) is 3.14. The van der Waals surface area contributed by atoms with E-state index in [1.165, 1.54) is 6.07 Å². The molecule has 3 rings (SSSR count). The van der Waals surface area contributed by atoms with Crippen molar-refractivity contribution in [3.63, 3.8) is 0 Å². The van der Waals surface area contributed by atoms with Gasteiger partial charge in [-0.1, -0.05) is 0 Å². The van der Waals surface area contributed by atoms with E-state index in [4.69, 9.17) is 0 Å². The topological polar surface area (TPSA) is 81.3 Å². The van der Waals surface area contributed by atoms with Crippen LogP contribution in [0.15, 0.2) is 18.2 Å². The monoisotopic (exact) mass is 383 g/mol. The van der Waals surface area contributed by atoms with Crippen LogP contribution in [0.1, 0.15) is 12.0 Å². The molecule has 1 unspecified atom stereocenters. The Morgan fingerprint density at radius 3 is 2.81 bits per heavy atom. The predicted molar refractivity (Wildman–Crippen MR) is 93.0 cm³/mol. The lowest BCUT2D eigenvalue weighted by Gasteiger charge is -2.19. The lowest BCUT2D eigenvalue weighted by Crippen LogP contribution is -2.34. The molecule has 27 heavy (non-hydrogen) atoms. The molecule has 10 heteroatoms. The lowest BCUT2D eigenvalue weighted by atomic mass is 10.1. The van der Waals surface area contributed by atoms with Gasteiger partial charge in [-0.05, 0) is 32.3 Å². The molecule has 2 heterocycles. The van der Waals surface area contributed by atoms with Crippen LogP contribution < -0.4 is 5.32 Å². The SMILES string of the molecule is CN(C)CCN1CC(C(=O)Nc2nc3ccc(C(F)(F)F)cc3[nH]2)CC1=O. The minimum absolute atomic E-state index is 0.0634.